The van der Waals surface area contributed by atoms with Crippen molar-refractivity contribution in [3.05, 3.63) is 65.2 Å². The minimum absolute atomic E-state index is 0.725. The predicted molar refractivity (Wildman–Crippen MR) is 119 cm³/mol. The molecule has 0 unspecified atom stereocenters. The van der Waals surface area contributed by atoms with E-state index in [9.17, 15) is 0 Å². The number of hydrogen-bond donors (Lipinski definition) is 0. The molecule has 0 saturated heterocycles. The van der Waals surface area contributed by atoms with Crippen molar-refractivity contribution in [1.82, 2.24) is 0 Å². The van der Waals surface area contributed by atoms with Crippen molar-refractivity contribution in [1.29, 1.82) is 0 Å². The van der Waals surface area contributed by atoms with Crippen LogP contribution >= 0.6 is 0 Å². The van der Waals surface area contributed by atoms with E-state index in [0.717, 1.165) is 41.7 Å². The van der Waals surface area contributed by atoms with Crippen molar-refractivity contribution in [2.24, 2.45) is 11.8 Å². The first-order chi connectivity index (χ1) is 13.8. The van der Waals surface area contributed by atoms with E-state index in [4.69, 9.17) is 4.74 Å². The smallest absolute Gasteiger partial charge is 0.119 e. The van der Waals surface area contributed by atoms with Gasteiger partial charge in [0.05, 0.1) is 6.61 Å². The Morgan fingerprint density at radius 1 is 0.786 bits per heavy atom. The minimum atomic E-state index is 0.725. The van der Waals surface area contributed by atoms with Gasteiger partial charge in [0.2, 0.25) is 0 Å². The molecule has 0 atom stereocenters. The SMILES string of the molecule is CCCCc1ccc(C#Cc2ccc(OCC3CCC(CC)CC3)cc2)cc1. The Balaban J connectivity index is 1.47. The number of hydrogen-bond acceptors (Lipinski definition) is 1. The van der Waals surface area contributed by atoms with Crippen molar-refractivity contribution in [2.45, 2.75) is 65.2 Å². The van der Waals surface area contributed by atoms with E-state index in [1.54, 1.807) is 0 Å². The van der Waals surface area contributed by atoms with Crippen molar-refractivity contribution < 1.29 is 4.74 Å². The summed E-state index contributed by atoms with van der Waals surface area (Å²) in [6.07, 6.45) is 10.4. The molecule has 1 nitrogen and oxygen atoms in total. The fourth-order valence-corrected chi connectivity index (χ4v) is 3.93. The third kappa shape index (κ3) is 6.45. The van der Waals surface area contributed by atoms with Gasteiger partial charge in [-0.1, -0.05) is 63.5 Å². The zero-order chi connectivity index (χ0) is 19.6. The molecule has 0 N–H and O–H groups in total. The van der Waals surface area contributed by atoms with Gasteiger partial charge in [-0.25, -0.2) is 0 Å². The van der Waals surface area contributed by atoms with Crippen molar-refractivity contribution in [2.75, 3.05) is 6.61 Å². The van der Waals surface area contributed by atoms with Gasteiger partial charge < -0.3 is 4.74 Å². The van der Waals surface area contributed by atoms with Gasteiger partial charge in [0.1, 0.15) is 5.75 Å². The third-order valence-electron chi connectivity index (χ3n) is 6.01. The summed E-state index contributed by atoms with van der Waals surface area (Å²) in [6, 6.07) is 16.9. The highest BCUT2D eigenvalue weighted by Gasteiger charge is 2.20. The van der Waals surface area contributed by atoms with Gasteiger partial charge in [-0.2, -0.15) is 0 Å². The number of aryl methyl sites for hydroxylation is 1. The highest BCUT2D eigenvalue weighted by atomic mass is 16.5. The standard InChI is InChI=1S/C27H34O/c1-3-5-6-23-9-11-24(12-10-23)13-14-25-17-19-27(20-18-25)28-21-26-15-7-22(4-2)8-16-26/h9-12,17-20,22,26H,3-8,15-16,21H2,1-2H3. The molecule has 0 heterocycles. The van der Waals surface area contributed by atoms with E-state index in [0.29, 0.717) is 0 Å². The lowest BCUT2D eigenvalue weighted by atomic mass is 9.81. The van der Waals surface area contributed by atoms with Gasteiger partial charge in [0.25, 0.3) is 0 Å². The summed E-state index contributed by atoms with van der Waals surface area (Å²) in [5.74, 6) is 9.16. The lowest BCUT2D eigenvalue weighted by Crippen LogP contribution is -2.19. The molecule has 0 aliphatic heterocycles. The van der Waals surface area contributed by atoms with Crippen LogP contribution in [0.4, 0.5) is 0 Å². The van der Waals surface area contributed by atoms with E-state index < -0.39 is 0 Å². The maximum atomic E-state index is 6.03. The largest absolute Gasteiger partial charge is 0.493 e. The Kier molecular flexibility index (Phi) is 8.04. The van der Waals surface area contributed by atoms with Gasteiger partial charge >= 0.3 is 0 Å². The van der Waals surface area contributed by atoms with Gasteiger partial charge in [-0.05, 0) is 79.5 Å². The van der Waals surface area contributed by atoms with Gasteiger partial charge in [0, 0.05) is 11.1 Å². The summed E-state index contributed by atoms with van der Waals surface area (Å²) in [7, 11) is 0. The summed E-state index contributed by atoms with van der Waals surface area (Å²) in [5, 5.41) is 0. The molecule has 28 heavy (non-hydrogen) atoms. The fraction of sp³-hybridized carbons (Fsp3) is 0.481. The topological polar surface area (TPSA) is 9.23 Å². The second-order valence-corrected chi connectivity index (χ2v) is 8.18. The highest BCUT2D eigenvalue weighted by Crippen LogP contribution is 2.31. The number of ether oxygens (including phenoxy) is 1. The quantitative estimate of drug-likeness (QED) is 0.473. The average Bonchev–Trinajstić information content (AvgIpc) is 2.76. The summed E-state index contributed by atoms with van der Waals surface area (Å²) in [5.41, 5.74) is 3.51. The molecule has 148 valence electrons. The Bertz CT molecular complexity index is 753. The van der Waals surface area contributed by atoms with Crippen molar-refractivity contribution >= 4 is 0 Å². The Hall–Kier alpha value is -2.20. The van der Waals surface area contributed by atoms with E-state index in [-0.39, 0.29) is 0 Å². The Morgan fingerprint density at radius 3 is 1.93 bits per heavy atom. The van der Waals surface area contributed by atoms with E-state index in [2.05, 4.69) is 74.2 Å². The molecule has 1 fully saturated rings. The predicted octanol–water partition coefficient (Wildman–Crippen LogP) is 7.02. The van der Waals surface area contributed by atoms with Crippen LogP contribution in [-0.2, 0) is 6.42 Å². The first kappa shape index (κ1) is 20.5. The molecule has 1 saturated carbocycles. The van der Waals surface area contributed by atoms with Gasteiger partial charge in [-0.15, -0.1) is 0 Å². The molecule has 0 amide bonds. The third-order valence-corrected chi connectivity index (χ3v) is 6.01. The van der Waals surface area contributed by atoms with E-state index in [1.165, 1.54) is 50.5 Å². The molecule has 0 spiro atoms. The summed E-state index contributed by atoms with van der Waals surface area (Å²) in [4.78, 5) is 0. The first-order valence-corrected chi connectivity index (χ1v) is 11.1. The number of rotatable bonds is 7. The Morgan fingerprint density at radius 2 is 1.36 bits per heavy atom. The van der Waals surface area contributed by atoms with Crippen LogP contribution in [0.1, 0.15) is 75.5 Å². The lowest BCUT2D eigenvalue weighted by Gasteiger charge is -2.27. The first-order valence-electron chi connectivity index (χ1n) is 11.1. The molecule has 1 aliphatic carbocycles. The van der Waals surface area contributed by atoms with Crippen LogP contribution in [0.25, 0.3) is 0 Å². The molecule has 1 aliphatic rings. The highest BCUT2D eigenvalue weighted by molar-refractivity contribution is 5.44. The molecule has 3 rings (SSSR count). The van der Waals surface area contributed by atoms with E-state index in [1.807, 2.05) is 0 Å². The van der Waals surface area contributed by atoms with Crippen LogP contribution in [0, 0.1) is 23.7 Å². The molecule has 0 aromatic heterocycles. The average molecular weight is 375 g/mol. The zero-order valence-corrected chi connectivity index (χ0v) is 17.5. The number of benzene rings is 2. The van der Waals surface area contributed by atoms with Crippen molar-refractivity contribution in [3.8, 4) is 17.6 Å². The van der Waals surface area contributed by atoms with Crippen molar-refractivity contribution in [3.63, 3.8) is 0 Å². The molecular formula is C27H34O. The van der Waals surface area contributed by atoms with Crippen LogP contribution < -0.4 is 4.74 Å². The van der Waals surface area contributed by atoms with Crippen LogP contribution in [0.15, 0.2) is 48.5 Å². The zero-order valence-electron chi connectivity index (χ0n) is 17.5. The molecule has 0 bridgehead atoms. The molecule has 2 aromatic carbocycles. The normalized spacial score (nSPS) is 18.9. The second kappa shape index (κ2) is 11.0. The van der Waals surface area contributed by atoms with E-state index >= 15 is 0 Å². The van der Waals surface area contributed by atoms with Crippen LogP contribution in [0.5, 0.6) is 5.75 Å². The van der Waals surface area contributed by atoms with Gasteiger partial charge in [-0.3, -0.25) is 0 Å². The maximum Gasteiger partial charge on any atom is 0.119 e. The minimum Gasteiger partial charge on any atom is -0.493 e. The summed E-state index contributed by atoms with van der Waals surface area (Å²) < 4.78 is 6.03. The summed E-state index contributed by atoms with van der Waals surface area (Å²) in [6.45, 7) is 5.40. The second-order valence-electron chi connectivity index (χ2n) is 8.18. The molecule has 2 aromatic rings. The number of unbranched alkanes of at least 4 members (excludes halogenated alkanes) is 1. The monoisotopic (exact) mass is 374 g/mol. The van der Waals surface area contributed by atoms with Gasteiger partial charge in [0.15, 0.2) is 0 Å². The fourth-order valence-electron chi connectivity index (χ4n) is 3.93. The molecule has 1 heteroatoms. The maximum absolute atomic E-state index is 6.03. The summed E-state index contributed by atoms with van der Waals surface area (Å²) >= 11 is 0. The van der Waals surface area contributed by atoms with Crippen LogP contribution in [0.2, 0.25) is 0 Å². The Labute approximate surface area is 171 Å². The lowest BCUT2D eigenvalue weighted by molar-refractivity contribution is 0.181. The molecular weight excluding hydrogens is 340 g/mol. The van der Waals surface area contributed by atoms with Crippen LogP contribution in [-0.4, -0.2) is 6.61 Å². The van der Waals surface area contributed by atoms with Crippen LogP contribution in [0.3, 0.4) is 0 Å². The molecule has 0 radical (unpaired) electrons.